The number of anilines is 6. The molecular weight excluding hydrogens is 785 g/mol. The van der Waals surface area contributed by atoms with Crippen molar-refractivity contribution < 1.29 is 8.83 Å². The Morgan fingerprint density at radius 3 is 1.05 bits per heavy atom. The maximum Gasteiger partial charge on any atom is 0.136 e. The predicted octanol–water partition coefficient (Wildman–Crippen LogP) is 16.1. The summed E-state index contributed by atoms with van der Waals surface area (Å²) < 4.78 is 12.7. The van der Waals surface area contributed by atoms with Crippen LogP contribution in [0.5, 0.6) is 0 Å². The van der Waals surface area contributed by atoms with E-state index in [9.17, 15) is 10.5 Å². The van der Waals surface area contributed by atoms with Gasteiger partial charge in [-0.2, -0.15) is 10.5 Å². The summed E-state index contributed by atoms with van der Waals surface area (Å²) in [5.74, 6) is 0. The number of nitriles is 2. The molecule has 2 aromatic heterocycles. The molecule has 2 heterocycles. The minimum atomic E-state index is 0.604. The Morgan fingerprint density at radius 2 is 0.656 bits per heavy atom. The molecule has 0 bridgehead atoms. The lowest BCUT2D eigenvalue weighted by molar-refractivity contribution is 0.669. The van der Waals surface area contributed by atoms with E-state index in [2.05, 4.69) is 168 Å². The normalized spacial score (nSPS) is 11.4. The van der Waals surface area contributed by atoms with Crippen molar-refractivity contribution in [1.29, 1.82) is 10.5 Å². The third kappa shape index (κ3) is 6.10. The standard InChI is InChI=1S/C58H34N4O2/c59-35-37-9-19-43(20-10-37)61(47-27-31-53-51(33-47)57-49-7-3-1-5-41(49)17-29-55(57)63-53)45-23-13-39(14-24-45)40-15-25-46(26-16-40)62(44-21-11-38(36-60)12-22-44)48-28-32-54-52(34-48)58-50-8-4-2-6-42(50)18-30-56(58)64-54/h1-34H. The molecule has 0 N–H and O–H groups in total. The molecule has 0 saturated carbocycles. The van der Waals surface area contributed by atoms with Gasteiger partial charge in [0.25, 0.3) is 0 Å². The summed E-state index contributed by atoms with van der Waals surface area (Å²) in [5.41, 5.74) is 12.5. The highest BCUT2D eigenvalue weighted by Gasteiger charge is 2.19. The third-order valence-electron chi connectivity index (χ3n) is 12.3. The first-order chi connectivity index (χ1) is 31.6. The van der Waals surface area contributed by atoms with Gasteiger partial charge >= 0.3 is 0 Å². The van der Waals surface area contributed by atoms with Crippen molar-refractivity contribution in [3.05, 3.63) is 217 Å². The Labute approximate surface area is 367 Å². The highest BCUT2D eigenvalue weighted by Crippen LogP contribution is 2.43. The van der Waals surface area contributed by atoms with Gasteiger partial charge in [0, 0.05) is 55.7 Å². The van der Waals surface area contributed by atoms with Crippen LogP contribution in [0.2, 0.25) is 0 Å². The van der Waals surface area contributed by atoms with Gasteiger partial charge < -0.3 is 18.6 Å². The fraction of sp³-hybridized carbons (Fsp3) is 0. The van der Waals surface area contributed by atoms with Crippen molar-refractivity contribution in [3.63, 3.8) is 0 Å². The molecule has 0 amide bonds. The summed E-state index contributed by atoms with van der Waals surface area (Å²) in [4.78, 5) is 4.44. The lowest BCUT2D eigenvalue weighted by atomic mass is 10.0. The molecule has 64 heavy (non-hydrogen) atoms. The first-order valence-electron chi connectivity index (χ1n) is 21.1. The topological polar surface area (TPSA) is 80.3 Å². The van der Waals surface area contributed by atoms with E-state index in [1.807, 2.05) is 60.7 Å². The van der Waals surface area contributed by atoms with Crippen LogP contribution in [-0.2, 0) is 0 Å². The first-order valence-corrected chi connectivity index (χ1v) is 21.1. The molecule has 0 radical (unpaired) electrons. The highest BCUT2D eigenvalue weighted by atomic mass is 16.3. The molecule has 12 aromatic rings. The summed E-state index contributed by atoms with van der Waals surface area (Å²) in [5, 5.41) is 28.1. The van der Waals surface area contributed by atoms with Crippen molar-refractivity contribution in [3.8, 4) is 23.3 Å². The van der Waals surface area contributed by atoms with Crippen LogP contribution in [0.4, 0.5) is 34.1 Å². The van der Waals surface area contributed by atoms with Crippen LogP contribution < -0.4 is 9.80 Å². The van der Waals surface area contributed by atoms with E-state index >= 15 is 0 Å². The van der Waals surface area contributed by atoms with Gasteiger partial charge in [-0.3, -0.25) is 0 Å². The second-order valence-electron chi connectivity index (χ2n) is 16.0. The number of hydrogen-bond donors (Lipinski definition) is 0. The van der Waals surface area contributed by atoms with E-state index in [0.29, 0.717) is 11.1 Å². The molecule has 0 aliphatic rings. The minimum absolute atomic E-state index is 0.604. The Bertz CT molecular complexity index is 3600. The Hall–Kier alpha value is -9.10. The molecule has 0 aliphatic heterocycles. The van der Waals surface area contributed by atoms with Crippen LogP contribution >= 0.6 is 0 Å². The van der Waals surface area contributed by atoms with Crippen molar-refractivity contribution >= 4 is 99.5 Å². The zero-order valence-corrected chi connectivity index (χ0v) is 34.2. The zero-order valence-electron chi connectivity index (χ0n) is 34.2. The lowest BCUT2D eigenvalue weighted by Gasteiger charge is -2.26. The second-order valence-corrected chi connectivity index (χ2v) is 16.0. The van der Waals surface area contributed by atoms with Crippen molar-refractivity contribution in [2.75, 3.05) is 9.80 Å². The average molecular weight is 819 g/mol. The maximum atomic E-state index is 9.61. The molecular formula is C58H34N4O2. The van der Waals surface area contributed by atoms with E-state index in [1.165, 1.54) is 0 Å². The molecule has 12 rings (SSSR count). The van der Waals surface area contributed by atoms with Crippen LogP contribution in [0.15, 0.2) is 215 Å². The van der Waals surface area contributed by atoms with Crippen molar-refractivity contribution in [1.82, 2.24) is 0 Å². The summed E-state index contributed by atoms with van der Waals surface area (Å²) in [6.45, 7) is 0. The molecule has 0 aliphatic carbocycles. The number of fused-ring (bicyclic) bond motifs is 10. The minimum Gasteiger partial charge on any atom is -0.456 e. The monoisotopic (exact) mass is 818 g/mol. The van der Waals surface area contributed by atoms with Gasteiger partial charge in [0.15, 0.2) is 0 Å². The number of rotatable bonds is 7. The van der Waals surface area contributed by atoms with Crippen LogP contribution in [0.3, 0.4) is 0 Å². The first kappa shape index (κ1) is 36.7. The van der Waals surface area contributed by atoms with Crippen LogP contribution in [-0.4, -0.2) is 0 Å². The van der Waals surface area contributed by atoms with Gasteiger partial charge in [-0.1, -0.05) is 84.9 Å². The molecule has 298 valence electrons. The van der Waals surface area contributed by atoms with Gasteiger partial charge in [-0.15, -0.1) is 0 Å². The molecule has 0 spiro atoms. The fourth-order valence-electron chi connectivity index (χ4n) is 9.22. The maximum absolute atomic E-state index is 9.61. The van der Waals surface area contributed by atoms with Crippen molar-refractivity contribution in [2.45, 2.75) is 0 Å². The highest BCUT2D eigenvalue weighted by molar-refractivity contribution is 6.20. The van der Waals surface area contributed by atoms with Crippen molar-refractivity contribution in [2.24, 2.45) is 0 Å². The third-order valence-corrected chi connectivity index (χ3v) is 12.3. The van der Waals surface area contributed by atoms with E-state index < -0.39 is 0 Å². The molecule has 6 heteroatoms. The summed E-state index contributed by atoms with van der Waals surface area (Å²) in [6, 6.07) is 74.9. The summed E-state index contributed by atoms with van der Waals surface area (Å²) >= 11 is 0. The predicted molar refractivity (Wildman–Crippen MR) is 260 cm³/mol. The van der Waals surface area contributed by atoms with E-state index in [-0.39, 0.29) is 0 Å². The van der Waals surface area contributed by atoms with E-state index in [1.54, 1.807) is 0 Å². The zero-order chi connectivity index (χ0) is 42.7. The quantitative estimate of drug-likeness (QED) is 0.159. The van der Waals surface area contributed by atoms with Gasteiger partial charge in [0.1, 0.15) is 22.3 Å². The smallest absolute Gasteiger partial charge is 0.136 e. The van der Waals surface area contributed by atoms with Gasteiger partial charge in [0.05, 0.1) is 23.3 Å². The molecule has 0 unspecified atom stereocenters. The molecule has 0 atom stereocenters. The fourth-order valence-corrected chi connectivity index (χ4v) is 9.22. The van der Waals surface area contributed by atoms with Gasteiger partial charge in [-0.05, 0) is 154 Å². The van der Waals surface area contributed by atoms with Gasteiger partial charge in [-0.25, -0.2) is 0 Å². The number of benzene rings is 10. The number of furan rings is 2. The Balaban J connectivity index is 0.922. The van der Waals surface area contributed by atoms with Crippen LogP contribution in [0.1, 0.15) is 11.1 Å². The molecule has 0 fully saturated rings. The lowest BCUT2D eigenvalue weighted by Crippen LogP contribution is -2.10. The number of nitrogens with zero attached hydrogens (tertiary/aromatic N) is 4. The second kappa shape index (κ2) is 14.8. The Morgan fingerprint density at radius 1 is 0.312 bits per heavy atom. The molecule has 0 saturated heterocycles. The van der Waals surface area contributed by atoms with E-state index in [0.717, 1.165) is 111 Å². The van der Waals surface area contributed by atoms with Crippen LogP contribution in [0.25, 0.3) is 76.5 Å². The largest absolute Gasteiger partial charge is 0.456 e. The summed E-state index contributed by atoms with van der Waals surface area (Å²) in [6.07, 6.45) is 0. The molecule has 10 aromatic carbocycles. The van der Waals surface area contributed by atoms with Gasteiger partial charge in [0.2, 0.25) is 0 Å². The van der Waals surface area contributed by atoms with Crippen LogP contribution in [0, 0.1) is 22.7 Å². The average Bonchev–Trinajstić information content (AvgIpc) is 3.94. The molecule has 6 nitrogen and oxygen atoms in total. The Kier molecular flexibility index (Phi) is 8.50. The SMILES string of the molecule is N#Cc1ccc(N(c2ccc(-c3ccc(N(c4ccc(C#N)cc4)c4ccc5oc6ccc7ccccc7c6c5c4)cc3)cc2)c2ccc3oc4ccc5ccccc5c4c3c2)cc1. The number of hydrogen-bond acceptors (Lipinski definition) is 6. The van der Waals surface area contributed by atoms with E-state index in [4.69, 9.17) is 8.83 Å². The summed E-state index contributed by atoms with van der Waals surface area (Å²) in [7, 11) is 0.